The first kappa shape index (κ1) is 41.0. The number of nitrogens with one attached hydrogen (secondary N) is 3. The van der Waals surface area contributed by atoms with Crippen molar-refractivity contribution in [3.8, 4) is 22.5 Å². The second kappa shape index (κ2) is 17.2. The molecule has 3 aliphatic heterocycles. The third-order valence-electron chi connectivity index (χ3n) is 12.8. The summed E-state index contributed by atoms with van der Waals surface area (Å²) in [6.45, 7) is 14.2. The highest BCUT2D eigenvalue weighted by Crippen LogP contribution is 2.34. The van der Waals surface area contributed by atoms with Gasteiger partial charge >= 0.3 is 17.8 Å². The summed E-state index contributed by atoms with van der Waals surface area (Å²) < 4.78 is 5.20. The van der Waals surface area contributed by atoms with Crippen molar-refractivity contribution in [1.29, 1.82) is 0 Å². The molecule has 0 spiro atoms. The molecule has 0 saturated carbocycles. The van der Waals surface area contributed by atoms with Gasteiger partial charge in [0, 0.05) is 72.6 Å². The SMILES string of the molecule is Cc1cc(-c2ncnc3[nH]c(-c4ccc(C5CCN(CC6CCN(c7ccc(N8CCC(=O)NC8=O)cc7)CC6)CC5)cc4)cc23)ccc1CNC(=O)c1nc(C(C)(C)C)no1. The van der Waals surface area contributed by atoms with Crippen LogP contribution in [0.5, 0.6) is 0 Å². The van der Waals surface area contributed by atoms with Gasteiger partial charge < -0.3 is 24.6 Å². The maximum atomic E-state index is 12.7. The minimum absolute atomic E-state index is 0.0402. The topological polar surface area (TPSA) is 165 Å². The van der Waals surface area contributed by atoms with E-state index in [1.54, 1.807) is 11.2 Å². The molecule has 3 aromatic carbocycles. The number of carbonyl (C=O) groups excluding carboxylic acids is 3. The molecule has 6 heterocycles. The Bertz CT molecular complexity index is 2580. The van der Waals surface area contributed by atoms with E-state index in [2.05, 4.69) is 89.1 Å². The van der Waals surface area contributed by atoms with Crippen molar-refractivity contribution in [2.24, 2.45) is 5.92 Å². The van der Waals surface area contributed by atoms with Gasteiger partial charge in [-0.3, -0.25) is 19.8 Å². The number of H-pyrrole nitrogens is 1. The van der Waals surface area contributed by atoms with E-state index in [1.165, 1.54) is 36.9 Å². The molecule has 3 aromatic heterocycles. The highest BCUT2D eigenvalue weighted by molar-refractivity contribution is 6.05. The number of anilines is 2. The Balaban J connectivity index is 0.759. The summed E-state index contributed by atoms with van der Waals surface area (Å²) in [5, 5.41) is 10.2. The maximum absolute atomic E-state index is 12.7. The van der Waals surface area contributed by atoms with Gasteiger partial charge in [0.1, 0.15) is 12.0 Å². The summed E-state index contributed by atoms with van der Waals surface area (Å²) in [5.41, 5.74) is 9.83. The quantitative estimate of drug-likeness (QED) is 0.124. The fourth-order valence-electron chi connectivity index (χ4n) is 9.01. The highest BCUT2D eigenvalue weighted by atomic mass is 16.5. The minimum Gasteiger partial charge on any atom is -0.372 e. The lowest BCUT2D eigenvalue weighted by molar-refractivity contribution is -0.120. The number of aromatic nitrogens is 5. The Morgan fingerprint density at radius 2 is 1.58 bits per heavy atom. The van der Waals surface area contributed by atoms with Crippen LogP contribution >= 0.6 is 0 Å². The fraction of sp³-hybridized carbons (Fsp3) is 0.396. The number of carbonyl (C=O) groups is 3. The Morgan fingerprint density at radius 1 is 0.855 bits per heavy atom. The predicted molar refractivity (Wildman–Crippen MR) is 239 cm³/mol. The van der Waals surface area contributed by atoms with Gasteiger partial charge in [0.05, 0.1) is 5.69 Å². The van der Waals surface area contributed by atoms with Gasteiger partial charge in [-0.25, -0.2) is 14.8 Å². The molecule has 0 unspecified atom stereocenters. The Hall–Kier alpha value is -6.41. The van der Waals surface area contributed by atoms with Crippen molar-refractivity contribution in [2.45, 2.75) is 77.7 Å². The van der Waals surface area contributed by atoms with Gasteiger partial charge in [0.25, 0.3) is 0 Å². The van der Waals surface area contributed by atoms with Gasteiger partial charge in [-0.15, -0.1) is 0 Å². The second-order valence-corrected chi connectivity index (χ2v) is 18.1. The number of hydrogen-bond acceptors (Lipinski definition) is 10. The lowest BCUT2D eigenvalue weighted by atomic mass is 9.87. The zero-order valence-corrected chi connectivity index (χ0v) is 35.9. The molecule has 3 aliphatic rings. The van der Waals surface area contributed by atoms with Crippen LogP contribution in [0.15, 0.2) is 83.6 Å². The van der Waals surface area contributed by atoms with Gasteiger partial charge in [0.2, 0.25) is 5.91 Å². The monoisotopic (exact) mass is 834 g/mol. The number of benzene rings is 3. The van der Waals surface area contributed by atoms with E-state index in [0.29, 0.717) is 37.2 Å². The van der Waals surface area contributed by atoms with Crippen LogP contribution in [0.3, 0.4) is 0 Å². The number of amides is 4. The molecule has 0 radical (unpaired) electrons. The van der Waals surface area contributed by atoms with E-state index < -0.39 is 5.91 Å². The number of imide groups is 1. The molecule has 3 N–H and O–H groups in total. The van der Waals surface area contributed by atoms with E-state index in [4.69, 9.17) is 9.51 Å². The number of aromatic amines is 1. The molecule has 14 nitrogen and oxygen atoms in total. The second-order valence-electron chi connectivity index (χ2n) is 18.1. The maximum Gasteiger partial charge on any atom is 0.328 e. The number of fused-ring (bicyclic) bond motifs is 1. The molecule has 320 valence electrons. The van der Waals surface area contributed by atoms with Crippen LogP contribution < -0.4 is 20.4 Å². The van der Waals surface area contributed by atoms with Crippen LogP contribution in [0, 0.1) is 12.8 Å². The minimum atomic E-state index is -0.401. The molecule has 3 saturated heterocycles. The Labute approximate surface area is 361 Å². The zero-order chi connectivity index (χ0) is 43.0. The van der Waals surface area contributed by atoms with Crippen molar-refractivity contribution >= 4 is 40.3 Å². The number of aryl methyl sites for hydroxylation is 1. The molecule has 4 amide bonds. The van der Waals surface area contributed by atoms with Crippen LogP contribution in [-0.2, 0) is 16.8 Å². The van der Waals surface area contributed by atoms with E-state index >= 15 is 0 Å². The molecule has 14 heteroatoms. The van der Waals surface area contributed by atoms with Crippen LogP contribution in [0.2, 0.25) is 0 Å². The van der Waals surface area contributed by atoms with Crippen LogP contribution in [0.25, 0.3) is 33.5 Å². The highest BCUT2D eigenvalue weighted by Gasteiger charge is 2.28. The van der Waals surface area contributed by atoms with Crippen LogP contribution in [0.4, 0.5) is 16.2 Å². The average molecular weight is 835 g/mol. The number of likely N-dealkylation sites (tertiary alicyclic amines) is 1. The van der Waals surface area contributed by atoms with E-state index in [0.717, 1.165) is 83.1 Å². The molecule has 6 aromatic rings. The molecule has 0 aliphatic carbocycles. The molecule has 0 bridgehead atoms. The van der Waals surface area contributed by atoms with Crippen LogP contribution in [0.1, 0.15) is 92.0 Å². The predicted octanol–water partition coefficient (Wildman–Crippen LogP) is 7.75. The molecular formula is C48H54N10O4. The smallest absolute Gasteiger partial charge is 0.328 e. The summed E-state index contributed by atoms with van der Waals surface area (Å²) in [6.07, 6.45) is 6.62. The summed E-state index contributed by atoms with van der Waals surface area (Å²) in [5.74, 6) is 1.09. The summed E-state index contributed by atoms with van der Waals surface area (Å²) in [7, 11) is 0. The van der Waals surface area contributed by atoms with Crippen molar-refractivity contribution in [2.75, 3.05) is 49.1 Å². The molecule has 62 heavy (non-hydrogen) atoms. The first-order valence-corrected chi connectivity index (χ1v) is 21.8. The first-order chi connectivity index (χ1) is 29.9. The Kier molecular flexibility index (Phi) is 11.3. The number of hydrogen-bond donors (Lipinski definition) is 3. The lowest BCUT2D eigenvalue weighted by Crippen LogP contribution is -2.49. The third-order valence-corrected chi connectivity index (χ3v) is 12.8. The summed E-state index contributed by atoms with van der Waals surface area (Å²) in [4.78, 5) is 60.3. The number of piperidine rings is 2. The fourth-order valence-corrected chi connectivity index (χ4v) is 9.01. The van der Waals surface area contributed by atoms with Gasteiger partial charge in [0.15, 0.2) is 5.82 Å². The van der Waals surface area contributed by atoms with Gasteiger partial charge in [-0.1, -0.05) is 62.3 Å². The summed E-state index contributed by atoms with van der Waals surface area (Å²) in [6, 6.07) is 25.1. The first-order valence-electron chi connectivity index (χ1n) is 21.8. The third kappa shape index (κ3) is 8.83. The van der Waals surface area contributed by atoms with E-state index in [1.807, 2.05) is 52.0 Å². The van der Waals surface area contributed by atoms with Crippen LogP contribution in [-0.4, -0.2) is 87.1 Å². The molecule has 0 atom stereocenters. The normalized spacial score (nSPS) is 17.2. The van der Waals surface area contributed by atoms with E-state index in [-0.39, 0.29) is 23.2 Å². The molecule has 3 fully saturated rings. The number of nitrogens with zero attached hydrogens (tertiary/aromatic N) is 7. The zero-order valence-electron chi connectivity index (χ0n) is 35.9. The summed E-state index contributed by atoms with van der Waals surface area (Å²) >= 11 is 0. The van der Waals surface area contributed by atoms with Crippen molar-refractivity contribution in [3.63, 3.8) is 0 Å². The lowest BCUT2D eigenvalue weighted by Gasteiger charge is -2.38. The van der Waals surface area contributed by atoms with E-state index in [9.17, 15) is 14.4 Å². The van der Waals surface area contributed by atoms with Crippen molar-refractivity contribution in [3.05, 3.63) is 108 Å². The average Bonchev–Trinajstić information content (AvgIpc) is 3.96. The molecule has 9 rings (SSSR count). The largest absolute Gasteiger partial charge is 0.372 e. The Morgan fingerprint density at radius 3 is 2.27 bits per heavy atom. The van der Waals surface area contributed by atoms with Gasteiger partial charge in [-0.05, 0) is 116 Å². The number of rotatable bonds is 10. The standard InChI is InChI=1S/C48H54N10O4/c1-30-25-35(9-10-36(30)27-49-44(60)45-54-46(55-62-45)48(2,3)4)42-39-26-40(52-43(39)51-29-50-42)34-7-5-32(6-8-34)33-17-20-56(21-18-33)28-31-15-22-57(23-16-31)37-11-13-38(14-12-37)58-24-19-41(59)53-47(58)61/h5-14,25-26,29,31,33H,15-24,27-28H2,1-4H3,(H,49,60)(H,50,51,52)(H,53,59,61). The van der Waals surface area contributed by atoms with Crippen molar-refractivity contribution < 1.29 is 18.9 Å². The van der Waals surface area contributed by atoms with Crippen molar-refractivity contribution in [1.82, 2.24) is 40.6 Å². The van der Waals surface area contributed by atoms with Gasteiger partial charge in [-0.2, -0.15) is 4.98 Å². The molecular weight excluding hydrogens is 781 g/mol. The number of urea groups is 1.